The lowest BCUT2D eigenvalue weighted by Gasteiger charge is -2.17. The van der Waals surface area contributed by atoms with Crippen LogP contribution in [0.5, 0.6) is 0 Å². The van der Waals surface area contributed by atoms with Crippen molar-refractivity contribution in [3.05, 3.63) is 35.9 Å². The third-order valence-electron chi connectivity index (χ3n) is 2.00. The molecule has 0 fully saturated rings. The Bertz CT molecular complexity index is 284. The van der Waals surface area contributed by atoms with Gasteiger partial charge in [-0.15, -0.1) is 12.6 Å². The lowest BCUT2D eigenvalue weighted by Crippen LogP contribution is -2.13. The Morgan fingerprint density at radius 2 is 1.92 bits per heavy atom. The van der Waals surface area contributed by atoms with Crippen LogP contribution < -0.4 is 0 Å². The Kier molecular flexibility index (Phi) is 3.90. The normalized spacial score (nSPS) is 15.0. The van der Waals surface area contributed by atoms with Gasteiger partial charge >= 0.3 is 0 Å². The zero-order chi connectivity index (χ0) is 9.84. The minimum absolute atomic E-state index is 0.0965. The molecule has 70 valence electrons. The first-order valence-corrected chi connectivity index (χ1v) is 4.94. The average Bonchev–Trinajstić information content (AvgIpc) is 2.17. The topological polar surface area (TPSA) is 20.2 Å². The third-order valence-corrected chi connectivity index (χ3v) is 2.78. The van der Waals surface area contributed by atoms with Crippen LogP contribution in [0.15, 0.2) is 30.3 Å². The van der Waals surface area contributed by atoms with Crippen molar-refractivity contribution >= 4 is 29.0 Å². The van der Waals surface area contributed by atoms with E-state index in [2.05, 4.69) is 12.6 Å². The molecule has 0 unspecified atom stereocenters. The molecule has 0 aliphatic rings. The van der Waals surface area contributed by atoms with E-state index < -0.39 is 6.10 Å². The summed E-state index contributed by atoms with van der Waals surface area (Å²) in [6, 6.07) is 9.47. The minimum atomic E-state index is -0.550. The van der Waals surface area contributed by atoms with Crippen LogP contribution >= 0.6 is 24.8 Å². The summed E-state index contributed by atoms with van der Waals surface area (Å²) in [5.41, 5.74) is 0.881. The smallest absolute Gasteiger partial charge is 0.0869 e. The molecule has 0 radical (unpaired) electrons. The van der Waals surface area contributed by atoms with Gasteiger partial charge in [0.2, 0.25) is 0 Å². The maximum absolute atomic E-state index is 9.82. The van der Waals surface area contributed by atoms with Gasteiger partial charge in [0.1, 0.15) is 0 Å². The Balaban J connectivity index is 2.79. The highest BCUT2D eigenvalue weighted by molar-refractivity contribution is 8.11. The number of hydrogen-bond donors (Lipinski definition) is 2. The summed E-state index contributed by atoms with van der Waals surface area (Å²) < 4.78 is 0.538. The van der Waals surface area contributed by atoms with Gasteiger partial charge < -0.3 is 5.11 Å². The molecule has 1 nitrogen and oxygen atoms in total. The van der Waals surface area contributed by atoms with E-state index >= 15 is 0 Å². The largest absolute Gasteiger partial charge is 0.388 e. The second kappa shape index (κ2) is 4.74. The summed E-state index contributed by atoms with van der Waals surface area (Å²) >= 11 is 8.95. The van der Waals surface area contributed by atoms with Crippen LogP contribution in [0.2, 0.25) is 0 Å². The molecule has 1 aromatic carbocycles. The maximum atomic E-state index is 9.82. The Hall–Kier alpha value is -0.380. The zero-order valence-corrected chi connectivity index (χ0v) is 9.06. The summed E-state index contributed by atoms with van der Waals surface area (Å²) in [6.45, 7) is 1.87. The van der Waals surface area contributed by atoms with Gasteiger partial charge in [-0.2, -0.15) is 0 Å². The van der Waals surface area contributed by atoms with Gasteiger partial charge in [-0.3, -0.25) is 0 Å². The molecule has 3 heteroatoms. The molecular weight excluding hydrogens is 200 g/mol. The first kappa shape index (κ1) is 10.7. The molecule has 1 rings (SSSR count). The molecule has 0 saturated heterocycles. The molecule has 0 heterocycles. The van der Waals surface area contributed by atoms with Crippen molar-refractivity contribution in [3.63, 3.8) is 0 Å². The summed E-state index contributed by atoms with van der Waals surface area (Å²) in [7, 11) is 0. The number of hydrogen-bond acceptors (Lipinski definition) is 2. The van der Waals surface area contributed by atoms with Crippen molar-refractivity contribution in [2.24, 2.45) is 5.92 Å². The molecule has 1 aromatic rings. The van der Waals surface area contributed by atoms with Gasteiger partial charge in [0, 0.05) is 5.92 Å². The number of thiocarbonyl (C=S) groups is 1. The van der Waals surface area contributed by atoms with Crippen molar-refractivity contribution in [1.29, 1.82) is 0 Å². The van der Waals surface area contributed by atoms with Gasteiger partial charge in [0.05, 0.1) is 10.3 Å². The predicted molar refractivity (Wildman–Crippen MR) is 62.1 cm³/mol. The van der Waals surface area contributed by atoms with Gasteiger partial charge in [-0.1, -0.05) is 49.5 Å². The standard InChI is InChI=1S/C10H12OS2/c1-7(10(12)13)9(11)8-5-3-2-4-6-8/h2-7,9,11H,1H3,(H,12,13)/t7-,9-/m1/s1. The highest BCUT2D eigenvalue weighted by Gasteiger charge is 2.17. The Morgan fingerprint density at radius 1 is 1.38 bits per heavy atom. The first-order valence-electron chi connectivity index (χ1n) is 4.08. The van der Waals surface area contributed by atoms with Crippen molar-refractivity contribution < 1.29 is 5.11 Å². The van der Waals surface area contributed by atoms with Crippen molar-refractivity contribution in [1.82, 2.24) is 0 Å². The Labute approximate surface area is 89.2 Å². The van der Waals surface area contributed by atoms with Gasteiger partial charge in [-0.05, 0) is 5.56 Å². The lowest BCUT2D eigenvalue weighted by molar-refractivity contribution is 0.149. The van der Waals surface area contributed by atoms with E-state index in [-0.39, 0.29) is 5.92 Å². The van der Waals surface area contributed by atoms with Crippen LogP contribution in [0.25, 0.3) is 0 Å². The molecule has 0 aromatic heterocycles. The number of rotatable bonds is 3. The fraction of sp³-hybridized carbons (Fsp3) is 0.300. The zero-order valence-electron chi connectivity index (χ0n) is 7.34. The third kappa shape index (κ3) is 2.79. The van der Waals surface area contributed by atoms with Gasteiger partial charge in [0.15, 0.2) is 0 Å². The van der Waals surface area contributed by atoms with E-state index in [0.29, 0.717) is 4.20 Å². The fourth-order valence-corrected chi connectivity index (χ4v) is 1.34. The molecule has 1 N–H and O–H groups in total. The highest BCUT2D eigenvalue weighted by atomic mass is 32.1. The van der Waals surface area contributed by atoms with E-state index in [4.69, 9.17) is 12.2 Å². The van der Waals surface area contributed by atoms with Crippen LogP contribution in [-0.2, 0) is 0 Å². The second-order valence-corrected chi connectivity index (χ2v) is 4.21. The number of benzene rings is 1. The number of aliphatic hydroxyl groups is 1. The summed E-state index contributed by atoms with van der Waals surface area (Å²) in [5, 5.41) is 9.82. The number of thiol groups is 1. The fourth-order valence-electron chi connectivity index (χ4n) is 1.07. The van der Waals surface area contributed by atoms with E-state index in [1.165, 1.54) is 0 Å². The van der Waals surface area contributed by atoms with Crippen LogP contribution in [-0.4, -0.2) is 9.30 Å². The Morgan fingerprint density at radius 3 is 2.38 bits per heavy atom. The monoisotopic (exact) mass is 212 g/mol. The first-order chi connectivity index (χ1) is 6.13. The predicted octanol–water partition coefficient (Wildman–Crippen LogP) is 2.61. The molecule has 0 bridgehead atoms. The van der Waals surface area contributed by atoms with E-state index in [1.807, 2.05) is 37.3 Å². The van der Waals surface area contributed by atoms with E-state index in [9.17, 15) is 5.11 Å². The molecule has 0 amide bonds. The summed E-state index contributed by atoms with van der Waals surface area (Å²) in [5.74, 6) is -0.0965. The van der Waals surface area contributed by atoms with E-state index in [0.717, 1.165) is 5.56 Å². The van der Waals surface area contributed by atoms with Crippen LogP contribution in [0, 0.1) is 5.92 Å². The molecule has 2 atom stereocenters. The average molecular weight is 212 g/mol. The SMILES string of the molecule is C[C@@H](C(=S)S)[C@@H](O)c1ccccc1. The second-order valence-electron chi connectivity index (χ2n) is 2.98. The van der Waals surface area contributed by atoms with Crippen molar-refractivity contribution in [3.8, 4) is 0 Å². The van der Waals surface area contributed by atoms with Gasteiger partial charge in [-0.25, -0.2) is 0 Å². The number of aliphatic hydroxyl groups excluding tert-OH is 1. The lowest BCUT2D eigenvalue weighted by atomic mass is 9.99. The molecule has 13 heavy (non-hydrogen) atoms. The van der Waals surface area contributed by atoms with Crippen LogP contribution in [0.1, 0.15) is 18.6 Å². The highest BCUT2D eigenvalue weighted by Crippen LogP contribution is 2.23. The van der Waals surface area contributed by atoms with Gasteiger partial charge in [0.25, 0.3) is 0 Å². The van der Waals surface area contributed by atoms with Crippen molar-refractivity contribution in [2.75, 3.05) is 0 Å². The summed E-state index contributed by atoms with van der Waals surface area (Å²) in [6.07, 6.45) is -0.550. The maximum Gasteiger partial charge on any atom is 0.0869 e. The molecule has 0 aliphatic heterocycles. The van der Waals surface area contributed by atoms with Crippen LogP contribution in [0.3, 0.4) is 0 Å². The molecular formula is C10H12OS2. The molecule has 0 spiro atoms. The summed E-state index contributed by atoms with van der Waals surface area (Å²) in [4.78, 5) is 0. The quantitative estimate of drug-likeness (QED) is 0.593. The minimum Gasteiger partial charge on any atom is -0.388 e. The molecule has 0 aliphatic carbocycles. The van der Waals surface area contributed by atoms with Crippen LogP contribution in [0.4, 0.5) is 0 Å². The van der Waals surface area contributed by atoms with Crippen molar-refractivity contribution in [2.45, 2.75) is 13.0 Å². The molecule has 0 saturated carbocycles. The van der Waals surface area contributed by atoms with E-state index in [1.54, 1.807) is 0 Å².